The Bertz CT molecular complexity index is 912. The average molecular weight is 507 g/mol. The van der Waals surface area contributed by atoms with E-state index in [1.807, 2.05) is 13.8 Å². The van der Waals surface area contributed by atoms with Crippen molar-refractivity contribution in [3.63, 3.8) is 0 Å². The van der Waals surface area contributed by atoms with E-state index in [-0.39, 0.29) is 31.0 Å². The van der Waals surface area contributed by atoms with Crippen molar-refractivity contribution >= 4 is 23.8 Å². The maximum absolute atomic E-state index is 13.8. The number of nitrogens with two attached hydrogens (primary N) is 1. The number of primary amides is 1. The molecule has 10 nitrogen and oxygen atoms in total. The Hall–Kier alpha value is -3.30. The van der Waals surface area contributed by atoms with Crippen LogP contribution in [0, 0.1) is 6.92 Å². The van der Waals surface area contributed by atoms with E-state index < -0.39 is 35.6 Å². The highest BCUT2D eigenvalue weighted by atomic mass is 16.6. The number of aromatic hydroxyl groups is 1. The number of hydrogen-bond donors (Lipinski definition) is 4. The molecule has 0 aromatic heterocycles. The van der Waals surface area contributed by atoms with Gasteiger partial charge in [0.1, 0.15) is 23.4 Å². The molecule has 202 valence electrons. The number of nitrogens with zero attached hydrogens (tertiary/aromatic N) is 1. The Balaban J connectivity index is 3.43. The van der Waals surface area contributed by atoms with Crippen LogP contribution in [0.5, 0.6) is 5.75 Å². The van der Waals surface area contributed by atoms with Crippen molar-refractivity contribution in [2.75, 3.05) is 13.1 Å². The van der Waals surface area contributed by atoms with E-state index in [1.54, 1.807) is 39.8 Å². The van der Waals surface area contributed by atoms with Crippen LogP contribution in [0.15, 0.2) is 18.2 Å². The highest BCUT2D eigenvalue weighted by Crippen LogP contribution is 2.27. The summed E-state index contributed by atoms with van der Waals surface area (Å²) in [4.78, 5) is 52.6. The third-order valence-corrected chi connectivity index (χ3v) is 5.34. The number of alkyl carbamates (subject to hydrolysis) is 1. The summed E-state index contributed by atoms with van der Waals surface area (Å²) in [6, 6.07) is 2.60. The number of ether oxygens (including phenoxy) is 1. The minimum Gasteiger partial charge on any atom is -0.508 e. The van der Waals surface area contributed by atoms with Gasteiger partial charge >= 0.3 is 6.09 Å². The van der Waals surface area contributed by atoms with Crippen LogP contribution in [-0.4, -0.2) is 58.6 Å². The molecule has 0 aliphatic carbocycles. The molecule has 1 aromatic carbocycles. The highest BCUT2D eigenvalue weighted by molar-refractivity contribution is 5.92. The van der Waals surface area contributed by atoms with Crippen molar-refractivity contribution in [1.82, 2.24) is 15.5 Å². The second-order valence-corrected chi connectivity index (χ2v) is 9.83. The predicted octanol–water partition coefficient (Wildman–Crippen LogP) is 3.06. The average Bonchev–Trinajstić information content (AvgIpc) is 2.77. The quantitative estimate of drug-likeness (QED) is 0.302. The first-order chi connectivity index (χ1) is 16.8. The summed E-state index contributed by atoms with van der Waals surface area (Å²) in [5, 5.41) is 15.4. The van der Waals surface area contributed by atoms with Crippen LogP contribution in [0.25, 0.3) is 0 Å². The number of carbonyl (C=O) groups is 4. The van der Waals surface area contributed by atoms with Gasteiger partial charge in [-0.1, -0.05) is 26.3 Å². The molecule has 10 heteroatoms. The molecular weight excluding hydrogens is 464 g/mol. The summed E-state index contributed by atoms with van der Waals surface area (Å²) in [5.74, 6) is -1.46. The van der Waals surface area contributed by atoms with Crippen molar-refractivity contribution in [3.05, 3.63) is 29.3 Å². The molecule has 0 spiro atoms. The molecule has 4 amide bonds. The fourth-order valence-electron chi connectivity index (χ4n) is 3.61. The van der Waals surface area contributed by atoms with E-state index in [4.69, 9.17) is 10.5 Å². The Morgan fingerprint density at radius 2 is 1.81 bits per heavy atom. The van der Waals surface area contributed by atoms with Gasteiger partial charge in [-0.25, -0.2) is 4.79 Å². The lowest BCUT2D eigenvalue weighted by molar-refractivity contribution is -0.142. The number of benzene rings is 1. The van der Waals surface area contributed by atoms with E-state index in [0.29, 0.717) is 24.1 Å². The first-order valence-electron chi connectivity index (χ1n) is 12.5. The molecule has 0 saturated carbocycles. The third-order valence-electron chi connectivity index (χ3n) is 5.34. The summed E-state index contributed by atoms with van der Waals surface area (Å²) >= 11 is 0. The van der Waals surface area contributed by atoms with Gasteiger partial charge in [-0.3, -0.25) is 14.4 Å². The van der Waals surface area contributed by atoms with Gasteiger partial charge in [-0.15, -0.1) is 0 Å². The van der Waals surface area contributed by atoms with Gasteiger partial charge in [0.05, 0.1) is 0 Å². The van der Waals surface area contributed by atoms with E-state index >= 15 is 0 Å². The van der Waals surface area contributed by atoms with Crippen LogP contribution in [0.4, 0.5) is 4.79 Å². The van der Waals surface area contributed by atoms with Gasteiger partial charge in [0.2, 0.25) is 17.7 Å². The third kappa shape index (κ3) is 10.1. The molecule has 2 atom stereocenters. The SMILES string of the molecule is CCCCNC(=O)C(c1ccc(O)c(C)c1)N(CCC)C(=O)C(CCC(N)=O)NC(=O)OC(C)(C)C. The smallest absolute Gasteiger partial charge is 0.408 e. The van der Waals surface area contributed by atoms with E-state index in [0.717, 1.165) is 12.8 Å². The van der Waals surface area contributed by atoms with E-state index in [9.17, 15) is 24.3 Å². The summed E-state index contributed by atoms with van der Waals surface area (Å²) in [6.45, 7) is 11.3. The van der Waals surface area contributed by atoms with Gasteiger partial charge in [0, 0.05) is 19.5 Å². The lowest BCUT2D eigenvalue weighted by Crippen LogP contribution is -2.53. The first kappa shape index (κ1) is 30.7. The maximum atomic E-state index is 13.8. The van der Waals surface area contributed by atoms with Crippen molar-refractivity contribution in [1.29, 1.82) is 0 Å². The molecule has 5 N–H and O–H groups in total. The number of unbranched alkanes of at least 4 members (excludes halogenated alkanes) is 1. The summed E-state index contributed by atoms with van der Waals surface area (Å²) in [6.07, 6.45) is 1.19. The Morgan fingerprint density at radius 3 is 2.33 bits per heavy atom. The molecule has 0 radical (unpaired) electrons. The number of aryl methyl sites for hydroxylation is 1. The monoisotopic (exact) mass is 506 g/mol. The molecule has 0 saturated heterocycles. The lowest BCUT2D eigenvalue weighted by atomic mass is 9.99. The van der Waals surface area contributed by atoms with Gasteiger partial charge in [0.25, 0.3) is 0 Å². The van der Waals surface area contributed by atoms with E-state index in [2.05, 4.69) is 10.6 Å². The second-order valence-electron chi connectivity index (χ2n) is 9.83. The molecule has 0 aliphatic heterocycles. The highest BCUT2D eigenvalue weighted by Gasteiger charge is 2.36. The van der Waals surface area contributed by atoms with Crippen LogP contribution in [-0.2, 0) is 19.1 Å². The van der Waals surface area contributed by atoms with Crippen molar-refractivity contribution < 1.29 is 29.0 Å². The van der Waals surface area contributed by atoms with Crippen LogP contribution in [0.2, 0.25) is 0 Å². The molecule has 0 fully saturated rings. The number of rotatable bonds is 13. The lowest BCUT2D eigenvalue weighted by Gasteiger charge is -2.34. The fourth-order valence-corrected chi connectivity index (χ4v) is 3.61. The zero-order chi connectivity index (χ0) is 27.5. The summed E-state index contributed by atoms with van der Waals surface area (Å²) in [5.41, 5.74) is 5.59. The van der Waals surface area contributed by atoms with E-state index in [1.165, 1.54) is 11.0 Å². The summed E-state index contributed by atoms with van der Waals surface area (Å²) in [7, 11) is 0. The van der Waals surface area contributed by atoms with Crippen LogP contribution < -0.4 is 16.4 Å². The minimum absolute atomic E-state index is 0.0492. The van der Waals surface area contributed by atoms with Crippen LogP contribution in [0.3, 0.4) is 0 Å². The molecule has 0 bridgehead atoms. The number of phenolic OH excluding ortho intramolecular Hbond substituents is 1. The molecular formula is C26H42N4O6. The van der Waals surface area contributed by atoms with Crippen molar-refractivity contribution in [2.45, 2.75) is 91.3 Å². The molecule has 0 aliphatic rings. The topological polar surface area (TPSA) is 151 Å². The Morgan fingerprint density at radius 1 is 1.14 bits per heavy atom. The van der Waals surface area contributed by atoms with Crippen molar-refractivity contribution in [3.8, 4) is 5.75 Å². The normalized spacial score (nSPS) is 12.8. The molecule has 1 rings (SSSR count). The number of nitrogens with one attached hydrogen (secondary N) is 2. The largest absolute Gasteiger partial charge is 0.508 e. The predicted molar refractivity (Wildman–Crippen MR) is 137 cm³/mol. The van der Waals surface area contributed by atoms with Crippen LogP contribution in [0.1, 0.15) is 83.9 Å². The number of phenols is 1. The molecule has 1 aromatic rings. The standard InChI is InChI=1S/C26H42N4O6/c1-7-9-14-28-23(33)22(18-10-12-20(31)17(3)16-18)30(15-8-2)24(34)19(11-13-21(27)32)29-25(35)36-26(4,5)6/h10,12,16,19,22,31H,7-9,11,13-15H2,1-6H3,(H2,27,32)(H,28,33)(H,29,35). The maximum Gasteiger partial charge on any atom is 0.408 e. The summed E-state index contributed by atoms with van der Waals surface area (Å²) < 4.78 is 5.31. The molecule has 2 unspecified atom stereocenters. The van der Waals surface area contributed by atoms with Crippen LogP contribution >= 0.6 is 0 Å². The van der Waals surface area contributed by atoms with Crippen molar-refractivity contribution in [2.24, 2.45) is 5.73 Å². The Kier molecular flexibility index (Phi) is 12.2. The van der Waals surface area contributed by atoms with Gasteiger partial charge < -0.3 is 31.1 Å². The Labute approximate surface area is 213 Å². The zero-order valence-electron chi connectivity index (χ0n) is 22.3. The second kappa shape index (κ2) is 14.3. The fraction of sp³-hybridized carbons (Fsp3) is 0.615. The van der Waals surface area contributed by atoms with Gasteiger partial charge in [-0.05, 0) is 70.2 Å². The molecule has 36 heavy (non-hydrogen) atoms. The molecule has 0 heterocycles. The first-order valence-corrected chi connectivity index (χ1v) is 12.5. The van der Waals surface area contributed by atoms with Gasteiger partial charge in [0.15, 0.2) is 0 Å². The minimum atomic E-state index is -1.14. The van der Waals surface area contributed by atoms with Gasteiger partial charge in [-0.2, -0.15) is 0 Å². The number of amides is 4. The zero-order valence-corrected chi connectivity index (χ0v) is 22.3. The number of carbonyl (C=O) groups excluding carboxylic acids is 4. The number of hydrogen-bond acceptors (Lipinski definition) is 6.